The summed E-state index contributed by atoms with van der Waals surface area (Å²) in [5.41, 5.74) is 0.605. The molecule has 0 aliphatic rings. The molecule has 2 N–H and O–H groups in total. The van der Waals surface area contributed by atoms with Crippen LogP contribution in [0.15, 0.2) is 24.3 Å². The van der Waals surface area contributed by atoms with E-state index in [4.69, 9.17) is 21.1 Å². The first-order chi connectivity index (χ1) is 12.4. The number of rotatable bonds is 8. The molecule has 0 unspecified atom stereocenters. The van der Waals surface area contributed by atoms with Crippen LogP contribution in [0, 0.1) is 0 Å². The van der Waals surface area contributed by atoms with E-state index in [1.54, 1.807) is 24.3 Å². The van der Waals surface area contributed by atoms with Crippen LogP contribution in [-0.2, 0) is 0 Å². The molecule has 140 valence electrons. The van der Waals surface area contributed by atoms with E-state index >= 15 is 0 Å². The van der Waals surface area contributed by atoms with Gasteiger partial charge in [0.05, 0.1) is 24.9 Å². The van der Waals surface area contributed by atoms with Crippen molar-refractivity contribution in [2.75, 3.05) is 52.0 Å². The SMILES string of the molecule is COc1cc(NC(=O)c2ccc(NCCN(C)C)nn2)c(OC)cc1Cl. The lowest BCUT2D eigenvalue weighted by Crippen LogP contribution is -2.21. The van der Waals surface area contributed by atoms with Gasteiger partial charge in [0.2, 0.25) is 0 Å². The van der Waals surface area contributed by atoms with Crippen LogP contribution in [0.2, 0.25) is 5.02 Å². The van der Waals surface area contributed by atoms with E-state index in [0.29, 0.717) is 28.0 Å². The number of aromatic nitrogens is 2. The number of carbonyl (C=O) groups is 1. The van der Waals surface area contributed by atoms with Crippen molar-refractivity contribution in [3.8, 4) is 11.5 Å². The number of ether oxygens (including phenoxy) is 2. The predicted octanol–water partition coefficient (Wildman–Crippen LogP) is 2.37. The molecule has 0 fully saturated rings. The van der Waals surface area contributed by atoms with Gasteiger partial charge in [0.1, 0.15) is 17.3 Å². The first-order valence-electron chi connectivity index (χ1n) is 7.89. The van der Waals surface area contributed by atoms with Crippen LogP contribution in [0.4, 0.5) is 11.5 Å². The van der Waals surface area contributed by atoms with Crippen molar-refractivity contribution in [3.63, 3.8) is 0 Å². The summed E-state index contributed by atoms with van der Waals surface area (Å²) >= 11 is 6.06. The lowest BCUT2D eigenvalue weighted by molar-refractivity contribution is 0.102. The molecule has 8 nitrogen and oxygen atoms in total. The number of hydrogen-bond donors (Lipinski definition) is 2. The highest BCUT2D eigenvalue weighted by molar-refractivity contribution is 6.32. The molecule has 0 aliphatic carbocycles. The average Bonchev–Trinajstić information content (AvgIpc) is 2.63. The Bertz CT molecular complexity index is 753. The third-order valence-corrected chi connectivity index (χ3v) is 3.78. The van der Waals surface area contributed by atoms with E-state index in [1.165, 1.54) is 14.2 Å². The fourth-order valence-corrected chi connectivity index (χ4v) is 2.33. The Morgan fingerprint density at radius 2 is 1.88 bits per heavy atom. The largest absolute Gasteiger partial charge is 0.495 e. The number of amides is 1. The number of benzene rings is 1. The van der Waals surface area contributed by atoms with Crippen LogP contribution in [0.5, 0.6) is 11.5 Å². The molecule has 1 amide bonds. The van der Waals surface area contributed by atoms with Gasteiger partial charge in [-0.15, -0.1) is 10.2 Å². The number of nitrogens with one attached hydrogen (secondary N) is 2. The average molecular weight is 380 g/mol. The fraction of sp³-hybridized carbons (Fsp3) is 0.353. The standard InChI is InChI=1S/C17H22ClN5O3/c1-23(2)8-7-19-16-6-5-12(21-22-16)17(24)20-13-10-14(25-3)11(18)9-15(13)26-4/h5-6,9-10H,7-8H2,1-4H3,(H,19,22)(H,20,24). The quantitative estimate of drug-likeness (QED) is 0.727. The number of carbonyl (C=O) groups excluding carboxylic acids is 1. The fourth-order valence-electron chi connectivity index (χ4n) is 2.10. The van der Waals surface area contributed by atoms with Crippen molar-refractivity contribution >= 4 is 29.0 Å². The summed E-state index contributed by atoms with van der Waals surface area (Å²) in [6.07, 6.45) is 0. The molecule has 1 heterocycles. The summed E-state index contributed by atoms with van der Waals surface area (Å²) in [6.45, 7) is 1.59. The van der Waals surface area contributed by atoms with Crippen LogP contribution in [0.25, 0.3) is 0 Å². The van der Waals surface area contributed by atoms with E-state index in [0.717, 1.165) is 13.1 Å². The van der Waals surface area contributed by atoms with E-state index < -0.39 is 5.91 Å². The number of anilines is 2. The van der Waals surface area contributed by atoms with Crippen LogP contribution >= 0.6 is 11.6 Å². The normalized spacial score (nSPS) is 10.5. The van der Waals surface area contributed by atoms with Gasteiger partial charge in [0, 0.05) is 25.2 Å². The number of hydrogen-bond acceptors (Lipinski definition) is 7. The molecule has 2 rings (SSSR count). The van der Waals surface area contributed by atoms with Crippen molar-refractivity contribution in [1.29, 1.82) is 0 Å². The lowest BCUT2D eigenvalue weighted by atomic mass is 10.2. The molecule has 26 heavy (non-hydrogen) atoms. The number of nitrogens with zero attached hydrogens (tertiary/aromatic N) is 3. The zero-order valence-electron chi connectivity index (χ0n) is 15.2. The van der Waals surface area contributed by atoms with Crippen molar-refractivity contribution in [1.82, 2.24) is 15.1 Å². The summed E-state index contributed by atoms with van der Waals surface area (Å²) in [5.74, 6) is 1.03. The molecule has 2 aromatic rings. The van der Waals surface area contributed by atoms with Gasteiger partial charge in [0.25, 0.3) is 5.91 Å². The maximum atomic E-state index is 12.4. The molecular weight excluding hydrogens is 358 g/mol. The van der Waals surface area contributed by atoms with Crippen molar-refractivity contribution in [2.24, 2.45) is 0 Å². The summed E-state index contributed by atoms with van der Waals surface area (Å²) in [7, 11) is 6.95. The Hall–Kier alpha value is -2.58. The Morgan fingerprint density at radius 3 is 2.46 bits per heavy atom. The molecule has 0 bridgehead atoms. The summed E-state index contributed by atoms with van der Waals surface area (Å²) < 4.78 is 10.4. The third kappa shape index (κ3) is 5.21. The zero-order valence-corrected chi connectivity index (χ0v) is 15.9. The second-order valence-corrected chi connectivity index (χ2v) is 6.08. The molecular formula is C17H22ClN5O3. The Kier molecular flexibility index (Phi) is 6.99. The minimum atomic E-state index is -0.417. The van der Waals surface area contributed by atoms with E-state index in [9.17, 15) is 4.79 Å². The van der Waals surface area contributed by atoms with Gasteiger partial charge in [-0.1, -0.05) is 11.6 Å². The van der Waals surface area contributed by atoms with Gasteiger partial charge in [-0.3, -0.25) is 4.79 Å². The minimum absolute atomic E-state index is 0.180. The van der Waals surface area contributed by atoms with Gasteiger partial charge in [-0.25, -0.2) is 0 Å². The monoisotopic (exact) mass is 379 g/mol. The van der Waals surface area contributed by atoms with Crippen molar-refractivity contribution in [3.05, 3.63) is 35.0 Å². The van der Waals surface area contributed by atoms with E-state index in [2.05, 4.69) is 25.7 Å². The molecule has 0 aliphatic heterocycles. The second kappa shape index (κ2) is 9.21. The molecule has 0 spiro atoms. The minimum Gasteiger partial charge on any atom is -0.495 e. The maximum Gasteiger partial charge on any atom is 0.276 e. The topological polar surface area (TPSA) is 88.6 Å². The number of methoxy groups -OCH3 is 2. The summed E-state index contributed by atoms with van der Waals surface area (Å²) in [6, 6.07) is 6.46. The Labute approximate surface area is 157 Å². The first kappa shape index (κ1) is 19.7. The third-order valence-electron chi connectivity index (χ3n) is 3.48. The number of likely N-dealkylation sites (N-methyl/N-ethyl adjacent to an activating group) is 1. The molecule has 1 aromatic carbocycles. The van der Waals surface area contributed by atoms with Gasteiger partial charge in [-0.2, -0.15) is 0 Å². The van der Waals surface area contributed by atoms with E-state index in [-0.39, 0.29) is 5.69 Å². The Morgan fingerprint density at radius 1 is 1.15 bits per heavy atom. The highest BCUT2D eigenvalue weighted by atomic mass is 35.5. The highest BCUT2D eigenvalue weighted by Crippen LogP contribution is 2.35. The van der Waals surface area contributed by atoms with Crippen LogP contribution in [0.1, 0.15) is 10.5 Å². The van der Waals surface area contributed by atoms with Crippen molar-refractivity contribution in [2.45, 2.75) is 0 Å². The van der Waals surface area contributed by atoms with Crippen LogP contribution in [-0.4, -0.2) is 62.4 Å². The summed E-state index contributed by atoms with van der Waals surface area (Å²) in [4.78, 5) is 14.5. The smallest absolute Gasteiger partial charge is 0.276 e. The van der Waals surface area contributed by atoms with Crippen molar-refractivity contribution < 1.29 is 14.3 Å². The molecule has 0 saturated carbocycles. The maximum absolute atomic E-state index is 12.4. The van der Waals surface area contributed by atoms with Gasteiger partial charge < -0.3 is 25.0 Å². The molecule has 9 heteroatoms. The molecule has 0 saturated heterocycles. The first-order valence-corrected chi connectivity index (χ1v) is 8.27. The van der Waals surface area contributed by atoms with Gasteiger partial charge >= 0.3 is 0 Å². The molecule has 1 aromatic heterocycles. The Balaban J connectivity index is 2.08. The number of halogens is 1. The highest BCUT2D eigenvalue weighted by Gasteiger charge is 2.15. The zero-order chi connectivity index (χ0) is 19.1. The van der Waals surface area contributed by atoms with Crippen LogP contribution in [0.3, 0.4) is 0 Å². The van der Waals surface area contributed by atoms with Gasteiger partial charge in [-0.05, 0) is 26.2 Å². The summed E-state index contributed by atoms with van der Waals surface area (Å²) in [5, 5.41) is 14.2. The predicted molar refractivity (Wildman–Crippen MR) is 102 cm³/mol. The lowest BCUT2D eigenvalue weighted by Gasteiger charge is -2.13. The second-order valence-electron chi connectivity index (χ2n) is 5.68. The van der Waals surface area contributed by atoms with Gasteiger partial charge in [0.15, 0.2) is 5.69 Å². The van der Waals surface area contributed by atoms with E-state index in [1.807, 2.05) is 14.1 Å². The molecule has 0 atom stereocenters. The molecule has 0 radical (unpaired) electrons. The van der Waals surface area contributed by atoms with Crippen LogP contribution < -0.4 is 20.1 Å².